The summed E-state index contributed by atoms with van der Waals surface area (Å²) in [6.45, 7) is 0. The summed E-state index contributed by atoms with van der Waals surface area (Å²) in [4.78, 5) is 0. The molecule has 2 aromatic rings. The topological polar surface area (TPSA) is 47.9 Å². The molecular formula is C17H15ClO4. The standard InChI is InChI=1S/C17H15ClO4/c1-20-14-4-2-3-12-15(14)22-17(16(12)19)8-7-10-9-11(18)5-6-13(10)21-17/h2-6,9,16,19H,7-8H2,1H3/t16-,17+/m0/s1. The summed E-state index contributed by atoms with van der Waals surface area (Å²) >= 11 is 6.02. The highest BCUT2D eigenvalue weighted by Crippen LogP contribution is 2.52. The minimum absolute atomic E-state index is 0.541. The van der Waals surface area contributed by atoms with Crippen LogP contribution in [0.4, 0.5) is 0 Å². The summed E-state index contributed by atoms with van der Waals surface area (Å²) in [7, 11) is 1.58. The average molecular weight is 319 g/mol. The largest absolute Gasteiger partial charge is 0.493 e. The Morgan fingerprint density at radius 3 is 2.95 bits per heavy atom. The van der Waals surface area contributed by atoms with Crippen LogP contribution in [0.2, 0.25) is 5.02 Å². The molecule has 114 valence electrons. The van der Waals surface area contributed by atoms with E-state index in [1.165, 1.54) is 0 Å². The zero-order valence-corrected chi connectivity index (χ0v) is 12.8. The van der Waals surface area contributed by atoms with Crippen molar-refractivity contribution in [2.45, 2.75) is 24.7 Å². The minimum Gasteiger partial charge on any atom is -0.493 e. The van der Waals surface area contributed by atoms with Crippen LogP contribution < -0.4 is 14.2 Å². The summed E-state index contributed by atoms with van der Waals surface area (Å²) in [6.07, 6.45) is 0.407. The number of aryl methyl sites for hydroxylation is 1. The molecule has 2 aliphatic heterocycles. The Labute approximate surface area is 133 Å². The molecule has 0 radical (unpaired) electrons. The molecule has 0 unspecified atom stereocenters. The van der Waals surface area contributed by atoms with Crippen LogP contribution in [0.25, 0.3) is 0 Å². The SMILES string of the molecule is COc1cccc2c1O[C@]1(CCc3cc(Cl)ccc3O1)[C@H]2O. The molecule has 0 saturated heterocycles. The summed E-state index contributed by atoms with van der Waals surface area (Å²) in [5, 5.41) is 11.4. The van der Waals surface area contributed by atoms with E-state index in [4.69, 9.17) is 25.8 Å². The molecule has 4 nitrogen and oxygen atoms in total. The second-order valence-electron chi connectivity index (χ2n) is 5.55. The summed E-state index contributed by atoms with van der Waals surface area (Å²) < 4.78 is 17.4. The molecule has 0 saturated carbocycles. The first-order chi connectivity index (χ1) is 10.6. The Kier molecular flexibility index (Phi) is 2.99. The number of para-hydroxylation sites is 1. The van der Waals surface area contributed by atoms with Crippen LogP contribution >= 0.6 is 11.6 Å². The summed E-state index contributed by atoms with van der Waals surface area (Å²) in [6, 6.07) is 10.9. The Balaban J connectivity index is 1.74. The fraction of sp³-hybridized carbons (Fsp3) is 0.294. The fourth-order valence-corrected chi connectivity index (χ4v) is 3.33. The van der Waals surface area contributed by atoms with Crippen LogP contribution in [0.1, 0.15) is 23.7 Å². The number of hydrogen-bond acceptors (Lipinski definition) is 4. The third-order valence-corrected chi connectivity index (χ3v) is 4.50. The number of ether oxygens (including phenoxy) is 3. The Hall–Kier alpha value is -1.91. The van der Waals surface area contributed by atoms with Crippen molar-refractivity contribution in [3.05, 3.63) is 52.5 Å². The van der Waals surface area contributed by atoms with Crippen molar-refractivity contribution >= 4 is 11.6 Å². The van der Waals surface area contributed by atoms with Gasteiger partial charge in [0.05, 0.1) is 7.11 Å². The third kappa shape index (κ3) is 1.87. The molecule has 2 heterocycles. The maximum absolute atomic E-state index is 10.7. The van der Waals surface area contributed by atoms with E-state index in [9.17, 15) is 5.11 Å². The van der Waals surface area contributed by atoms with Crippen molar-refractivity contribution in [1.82, 2.24) is 0 Å². The molecule has 5 heteroatoms. The number of fused-ring (bicyclic) bond motifs is 2. The van der Waals surface area contributed by atoms with Gasteiger partial charge < -0.3 is 19.3 Å². The summed E-state index contributed by atoms with van der Waals surface area (Å²) in [5.74, 6) is 0.743. The van der Waals surface area contributed by atoms with Gasteiger partial charge in [-0.2, -0.15) is 0 Å². The summed E-state index contributed by atoms with van der Waals surface area (Å²) in [5.41, 5.74) is 1.72. The monoisotopic (exact) mass is 318 g/mol. The lowest BCUT2D eigenvalue weighted by molar-refractivity contribution is -0.179. The molecule has 4 rings (SSSR count). The zero-order valence-electron chi connectivity index (χ0n) is 12.0. The maximum atomic E-state index is 10.7. The van der Waals surface area contributed by atoms with Gasteiger partial charge in [0.25, 0.3) is 5.79 Å². The zero-order chi connectivity index (χ0) is 15.3. The number of benzene rings is 2. The van der Waals surface area contributed by atoms with E-state index in [1.54, 1.807) is 19.2 Å². The number of aliphatic hydroxyl groups is 1. The van der Waals surface area contributed by atoms with E-state index in [0.717, 1.165) is 12.0 Å². The predicted octanol–water partition coefficient (Wildman–Crippen LogP) is 3.50. The van der Waals surface area contributed by atoms with Crippen molar-refractivity contribution in [3.8, 4) is 17.2 Å². The molecule has 0 bridgehead atoms. The molecule has 1 N–H and O–H groups in total. The second kappa shape index (κ2) is 4.80. The predicted molar refractivity (Wildman–Crippen MR) is 81.7 cm³/mol. The van der Waals surface area contributed by atoms with E-state index in [2.05, 4.69) is 0 Å². The van der Waals surface area contributed by atoms with Crippen molar-refractivity contribution in [2.24, 2.45) is 0 Å². The first kappa shape index (κ1) is 13.7. The Morgan fingerprint density at radius 1 is 1.27 bits per heavy atom. The third-order valence-electron chi connectivity index (χ3n) is 4.26. The lowest BCUT2D eigenvalue weighted by Crippen LogP contribution is -2.47. The van der Waals surface area contributed by atoms with Crippen molar-refractivity contribution in [3.63, 3.8) is 0 Å². The van der Waals surface area contributed by atoms with Crippen molar-refractivity contribution in [1.29, 1.82) is 0 Å². The van der Waals surface area contributed by atoms with Gasteiger partial charge in [-0.25, -0.2) is 0 Å². The highest BCUT2D eigenvalue weighted by atomic mass is 35.5. The lowest BCUT2D eigenvalue weighted by atomic mass is 9.94. The molecule has 2 aliphatic rings. The number of aliphatic hydroxyl groups excluding tert-OH is 1. The molecule has 2 atom stereocenters. The smallest absolute Gasteiger partial charge is 0.281 e. The molecule has 0 amide bonds. The Morgan fingerprint density at radius 2 is 2.14 bits per heavy atom. The van der Waals surface area contributed by atoms with Gasteiger partial charge in [0.2, 0.25) is 0 Å². The molecule has 1 spiro atoms. The van der Waals surface area contributed by atoms with E-state index < -0.39 is 11.9 Å². The van der Waals surface area contributed by atoms with Crippen LogP contribution in [0, 0.1) is 0 Å². The molecule has 0 fully saturated rings. The van der Waals surface area contributed by atoms with E-state index in [-0.39, 0.29) is 0 Å². The van der Waals surface area contributed by atoms with Crippen LogP contribution in [0.3, 0.4) is 0 Å². The number of hydrogen-bond donors (Lipinski definition) is 1. The van der Waals surface area contributed by atoms with E-state index in [0.29, 0.717) is 34.3 Å². The van der Waals surface area contributed by atoms with Gasteiger partial charge in [-0.3, -0.25) is 0 Å². The maximum Gasteiger partial charge on any atom is 0.281 e. The van der Waals surface area contributed by atoms with Gasteiger partial charge in [-0.15, -0.1) is 0 Å². The first-order valence-corrected chi connectivity index (χ1v) is 7.52. The first-order valence-electron chi connectivity index (χ1n) is 7.14. The molecule has 2 aromatic carbocycles. The molecular weight excluding hydrogens is 304 g/mol. The highest BCUT2D eigenvalue weighted by molar-refractivity contribution is 6.30. The molecule has 22 heavy (non-hydrogen) atoms. The van der Waals surface area contributed by atoms with Crippen LogP contribution in [0.5, 0.6) is 17.2 Å². The van der Waals surface area contributed by atoms with Crippen LogP contribution in [-0.2, 0) is 6.42 Å². The van der Waals surface area contributed by atoms with Gasteiger partial charge in [-0.05, 0) is 36.2 Å². The molecule has 0 aliphatic carbocycles. The van der Waals surface area contributed by atoms with Gasteiger partial charge in [0, 0.05) is 17.0 Å². The minimum atomic E-state index is -1.10. The van der Waals surface area contributed by atoms with Crippen molar-refractivity contribution < 1.29 is 19.3 Å². The van der Waals surface area contributed by atoms with Gasteiger partial charge in [-0.1, -0.05) is 23.7 Å². The van der Waals surface area contributed by atoms with Crippen LogP contribution in [-0.4, -0.2) is 18.0 Å². The molecule has 0 aromatic heterocycles. The van der Waals surface area contributed by atoms with Gasteiger partial charge >= 0.3 is 0 Å². The van der Waals surface area contributed by atoms with Gasteiger partial charge in [0.1, 0.15) is 5.75 Å². The number of methoxy groups -OCH3 is 1. The number of rotatable bonds is 1. The van der Waals surface area contributed by atoms with Gasteiger partial charge in [0.15, 0.2) is 17.6 Å². The average Bonchev–Trinajstić information content (AvgIpc) is 2.80. The fourth-order valence-electron chi connectivity index (χ4n) is 3.14. The van der Waals surface area contributed by atoms with E-state index >= 15 is 0 Å². The number of halogens is 1. The van der Waals surface area contributed by atoms with E-state index in [1.807, 2.05) is 24.3 Å². The highest BCUT2D eigenvalue weighted by Gasteiger charge is 2.53. The quantitative estimate of drug-likeness (QED) is 0.874. The van der Waals surface area contributed by atoms with Crippen molar-refractivity contribution in [2.75, 3.05) is 7.11 Å². The Bertz CT molecular complexity index is 745. The van der Waals surface area contributed by atoms with Crippen LogP contribution in [0.15, 0.2) is 36.4 Å². The lowest BCUT2D eigenvalue weighted by Gasteiger charge is -2.36. The normalized spacial score (nSPS) is 25.1. The second-order valence-corrected chi connectivity index (χ2v) is 5.99.